The zero-order valence-corrected chi connectivity index (χ0v) is 18.2. The van der Waals surface area contributed by atoms with Gasteiger partial charge in [0.2, 0.25) is 0 Å². The van der Waals surface area contributed by atoms with Crippen molar-refractivity contribution in [2.24, 2.45) is 5.92 Å². The normalized spacial score (nSPS) is 27.7. The maximum absolute atomic E-state index is 12.3. The van der Waals surface area contributed by atoms with E-state index in [4.69, 9.17) is 0 Å². The van der Waals surface area contributed by atoms with E-state index in [-0.39, 0.29) is 16.9 Å². The summed E-state index contributed by atoms with van der Waals surface area (Å²) >= 11 is 0. The number of aromatic amines is 1. The van der Waals surface area contributed by atoms with Crippen LogP contribution in [0.15, 0.2) is 29.3 Å². The standard InChI is InChI=1S/C23H30N6O2/c1-3-17-22(31)27-20(14-26-17)23-7-6-19(16(23)12-23)29-10-8-28(9-11-29)15-4-5-18(25-13-15)21(30)24-2/h4-5,13-14,16,19H,3,6-12H2,1-2H3,(H,24,30)(H,27,31). The molecule has 1 amide bonds. The molecule has 8 nitrogen and oxygen atoms in total. The summed E-state index contributed by atoms with van der Waals surface area (Å²) in [5.41, 5.74) is 3.30. The van der Waals surface area contributed by atoms with E-state index in [2.05, 4.69) is 30.1 Å². The van der Waals surface area contributed by atoms with Crippen LogP contribution in [0, 0.1) is 5.92 Å². The topological polar surface area (TPSA) is 94.2 Å². The third-order valence-corrected chi connectivity index (χ3v) is 7.57. The molecule has 1 aliphatic heterocycles. The third-order valence-electron chi connectivity index (χ3n) is 7.57. The quantitative estimate of drug-likeness (QED) is 0.755. The second-order valence-corrected chi connectivity index (χ2v) is 9.00. The van der Waals surface area contributed by atoms with Gasteiger partial charge in [-0.3, -0.25) is 19.5 Å². The fourth-order valence-corrected chi connectivity index (χ4v) is 5.69. The lowest BCUT2D eigenvalue weighted by molar-refractivity contribution is 0.0958. The number of hydrogen-bond acceptors (Lipinski definition) is 6. The Morgan fingerprint density at radius 2 is 2.03 bits per heavy atom. The minimum absolute atomic E-state index is 0.0202. The summed E-state index contributed by atoms with van der Waals surface area (Å²) in [6, 6.07) is 4.36. The average Bonchev–Trinajstić information content (AvgIpc) is 3.44. The van der Waals surface area contributed by atoms with Crippen LogP contribution < -0.4 is 15.8 Å². The lowest BCUT2D eigenvalue weighted by Gasteiger charge is -2.39. The predicted octanol–water partition coefficient (Wildman–Crippen LogP) is 1.33. The van der Waals surface area contributed by atoms with Crippen molar-refractivity contribution in [3.05, 3.63) is 52.0 Å². The van der Waals surface area contributed by atoms with Gasteiger partial charge >= 0.3 is 0 Å². The Hall–Kier alpha value is -2.74. The first-order chi connectivity index (χ1) is 15.1. The van der Waals surface area contributed by atoms with E-state index in [0.717, 1.165) is 50.4 Å². The fraction of sp³-hybridized carbons (Fsp3) is 0.565. The number of carbonyl (C=O) groups is 1. The second-order valence-electron chi connectivity index (χ2n) is 9.00. The minimum atomic E-state index is -0.161. The molecule has 0 spiro atoms. The highest BCUT2D eigenvalue weighted by Gasteiger charge is 2.64. The van der Waals surface area contributed by atoms with Crippen LogP contribution >= 0.6 is 0 Å². The molecule has 3 unspecified atom stereocenters. The fourth-order valence-electron chi connectivity index (χ4n) is 5.69. The highest BCUT2D eigenvalue weighted by atomic mass is 16.1. The maximum atomic E-state index is 12.3. The van der Waals surface area contributed by atoms with Crippen LogP contribution in [-0.4, -0.2) is 65.0 Å². The molecule has 2 aromatic rings. The summed E-state index contributed by atoms with van der Waals surface area (Å²) in [6.07, 6.45) is 7.86. The second kappa shape index (κ2) is 7.75. The molecule has 2 aromatic heterocycles. The van der Waals surface area contributed by atoms with Crippen molar-refractivity contribution in [2.45, 2.75) is 44.1 Å². The van der Waals surface area contributed by atoms with Crippen LogP contribution in [0.1, 0.15) is 48.1 Å². The van der Waals surface area contributed by atoms with Gasteiger partial charge in [0, 0.05) is 56.6 Å². The molecule has 0 radical (unpaired) electrons. The van der Waals surface area contributed by atoms with Crippen LogP contribution in [0.25, 0.3) is 0 Å². The number of H-pyrrole nitrogens is 1. The van der Waals surface area contributed by atoms with Crippen LogP contribution in [-0.2, 0) is 11.8 Å². The molecule has 3 aliphatic rings. The van der Waals surface area contributed by atoms with Crippen molar-refractivity contribution >= 4 is 11.6 Å². The number of rotatable bonds is 5. The molecule has 1 saturated heterocycles. The lowest BCUT2D eigenvalue weighted by atomic mass is 10.00. The summed E-state index contributed by atoms with van der Waals surface area (Å²) in [6.45, 7) is 5.94. The summed E-state index contributed by atoms with van der Waals surface area (Å²) in [5.74, 6) is 0.462. The predicted molar refractivity (Wildman–Crippen MR) is 118 cm³/mol. The number of pyridine rings is 1. The van der Waals surface area contributed by atoms with Gasteiger partial charge in [-0.25, -0.2) is 4.98 Å². The molecular weight excluding hydrogens is 392 g/mol. The molecule has 3 fully saturated rings. The number of piperazine rings is 1. The first-order valence-electron chi connectivity index (χ1n) is 11.3. The lowest BCUT2D eigenvalue weighted by Crippen LogP contribution is -2.50. The van der Waals surface area contributed by atoms with E-state index in [1.54, 1.807) is 19.3 Å². The number of hydrogen-bond donors (Lipinski definition) is 2. The molecule has 31 heavy (non-hydrogen) atoms. The van der Waals surface area contributed by atoms with Gasteiger partial charge in [0.1, 0.15) is 11.4 Å². The molecule has 164 valence electrons. The molecule has 3 heterocycles. The molecule has 2 aliphatic carbocycles. The SMILES string of the molecule is CCc1ncc(C23CCC(N4CCN(c5ccc(C(=O)NC)nc5)CC4)C2C3)[nH]c1=O. The Labute approximate surface area is 182 Å². The summed E-state index contributed by atoms with van der Waals surface area (Å²) in [7, 11) is 1.61. The van der Waals surface area contributed by atoms with Crippen LogP contribution in [0.5, 0.6) is 0 Å². The van der Waals surface area contributed by atoms with Gasteiger partial charge in [-0.2, -0.15) is 0 Å². The van der Waals surface area contributed by atoms with Crippen molar-refractivity contribution in [2.75, 3.05) is 38.1 Å². The molecular formula is C23H30N6O2. The van der Waals surface area contributed by atoms with Crippen molar-refractivity contribution in [1.82, 2.24) is 25.2 Å². The molecule has 0 aromatic carbocycles. The Bertz CT molecular complexity index is 1030. The summed E-state index contributed by atoms with van der Waals surface area (Å²) in [5, 5.41) is 2.60. The van der Waals surface area contributed by atoms with Gasteiger partial charge in [-0.05, 0) is 43.7 Å². The molecule has 2 N–H and O–H groups in total. The Morgan fingerprint density at radius 3 is 2.65 bits per heavy atom. The highest BCUT2D eigenvalue weighted by Crippen LogP contribution is 2.64. The zero-order chi connectivity index (χ0) is 21.6. The zero-order valence-electron chi connectivity index (χ0n) is 18.2. The van der Waals surface area contributed by atoms with E-state index in [9.17, 15) is 9.59 Å². The Morgan fingerprint density at radius 1 is 1.23 bits per heavy atom. The summed E-state index contributed by atoms with van der Waals surface area (Å²) < 4.78 is 0. The molecule has 8 heteroatoms. The third kappa shape index (κ3) is 3.43. The van der Waals surface area contributed by atoms with Gasteiger partial charge in [0.25, 0.3) is 11.5 Å². The van der Waals surface area contributed by atoms with Crippen molar-refractivity contribution in [1.29, 1.82) is 0 Å². The van der Waals surface area contributed by atoms with Gasteiger partial charge in [-0.15, -0.1) is 0 Å². The average molecular weight is 423 g/mol. The van der Waals surface area contributed by atoms with Crippen LogP contribution in [0.4, 0.5) is 5.69 Å². The van der Waals surface area contributed by atoms with Crippen molar-refractivity contribution in [3.63, 3.8) is 0 Å². The number of nitrogens with one attached hydrogen (secondary N) is 2. The Balaban J connectivity index is 1.21. The minimum Gasteiger partial charge on any atom is -0.368 e. The van der Waals surface area contributed by atoms with Gasteiger partial charge in [-0.1, -0.05) is 6.92 Å². The van der Waals surface area contributed by atoms with E-state index in [1.807, 2.05) is 19.2 Å². The molecule has 3 atom stereocenters. The first-order valence-corrected chi connectivity index (χ1v) is 11.3. The molecule has 5 rings (SSSR count). The van der Waals surface area contributed by atoms with E-state index in [0.29, 0.717) is 29.8 Å². The smallest absolute Gasteiger partial charge is 0.269 e. The number of aryl methyl sites for hydroxylation is 1. The molecule has 2 saturated carbocycles. The van der Waals surface area contributed by atoms with Gasteiger partial charge in [0.15, 0.2) is 0 Å². The summed E-state index contributed by atoms with van der Waals surface area (Å²) in [4.78, 5) is 40.8. The van der Waals surface area contributed by atoms with Gasteiger partial charge in [0.05, 0.1) is 11.9 Å². The van der Waals surface area contributed by atoms with Gasteiger partial charge < -0.3 is 15.2 Å². The first kappa shape index (κ1) is 20.2. The monoisotopic (exact) mass is 422 g/mol. The molecule has 0 bridgehead atoms. The Kier molecular flexibility index (Phi) is 5.04. The van der Waals surface area contributed by atoms with E-state index in [1.165, 1.54) is 6.42 Å². The number of amides is 1. The largest absolute Gasteiger partial charge is 0.368 e. The highest BCUT2D eigenvalue weighted by molar-refractivity contribution is 5.92. The number of nitrogens with zero attached hydrogens (tertiary/aromatic N) is 4. The number of carbonyl (C=O) groups excluding carboxylic acids is 1. The van der Waals surface area contributed by atoms with Crippen LogP contribution in [0.3, 0.4) is 0 Å². The van der Waals surface area contributed by atoms with E-state index >= 15 is 0 Å². The van der Waals surface area contributed by atoms with E-state index < -0.39 is 0 Å². The van der Waals surface area contributed by atoms with Crippen molar-refractivity contribution in [3.8, 4) is 0 Å². The number of anilines is 1. The van der Waals surface area contributed by atoms with Crippen LogP contribution in [0.2, 0.25) is 0 Å². The maximum Gasteiger partial charge on any atom is 0.269 e. The number of fused-ring (bicyclic) bond motifs is 1. The number of aromatic nitrogens is 3. The van der Waals surface area contributed by atoms with Crippen molar-refractivity contribution < 1.29 is 4.79 Å².